The van der Waals surface area contributed by atoms with Gasteiger partial charge in [-0.1, -0.05) is 70.9 Å². The van der Waals surface area contributed by atoms with Crippen LogP contribution in [0.25, 0.3) is 0 Å². The van der Waals surface area contributed by atoms with Gasteiger partial charge in [0, 0.05) is 18.5 Å². The van der Waals surface area contributed by atoms with E-state index >= 15 is 0 Å². The highest BCUT2D eigenvalue weighted by atomic mass is 32.1. The number of fused-ring (bicyclic) bond motifs is 1. The van der Waals surface area contributed by atoms with Gasteiger partial charge in [-0.2, -0.15) is 0 Å². The molecule has 1 saturated carbocycles. The molecule has 1 nitrogen and oxygen atoms in total. The van der Waals surface area contributed by atoms with Crippen LogP contribution in [-0.4, -0.2) is 30.3 Å². The molecule has 0 amide bonds. The van der Waals surface area contributed by atoms with E-state index in [1.807, 2.05) is 0 Å². The Kier molecular flexibility index (Phi) is 6.61. The minimum absolute atomic E-state index is 0.314. The molecule has 1 aliphatic carbocycles. The van der Waals surface area contributed by atoms with Crippen LogP contribution in [0.2, 0.25) is 5.82 Å². The highest BCUT2D eigenvalue weighted by Crippen LogP contribution is 2.51. The number of hydrogen-bond acceptors (Lipinski definition) is 1. The van der Waals surface area contributed by atoms with Crippen LogP contribution in [0.4, 0.5) is 0 Å². The maximum Gasteiger partial charge on any atom is 0.0815 e. The highest BCUT2D eigenvalue weighted by Gasteiger charge is 2.46. The summed E-state index contributed by atoms with van der Waals surface area (Å²) in [5.41, 5.74) is 0.314. The molecule has 23 heavy (non-hydrogen) atoms. The van der Waals surface area contributed by atoms with E-state index in [0.29, 0.717) is 35.0 Å². The van der Waals surface area contributed by atoms with E-state index in [9.17, 15) is 0 Å². The van der Waals surface area contributed by atoms with Crippen LogP contribution in [0, 0.1) is 23.2 Å². The molecular weight excluding hydrogens is 297 g/mol. The normalized spacial score (nSPS) is 37.1. The van der Waals surface area contributed by atoms with Gasteiger partial charge in [-0.25, -0.2) is 0 Å². The van der Waals surface area contributed by atoms with Crippen LogP contribution < -0.4 is 0 Å². The van der Waals surface area contributed by atoms with Crippen LogP contribution in [0.3, 0.4) is 0 Å². The molecule has 0 N–H and O–H groups in total. The van der Waals surface area contributed by atoms with Gasteiger partial charge in [0.15, 0.2) is 0 Å². The second kappa shape index (κ2) is 7.89. The maximum atomic E-state index is 6.53. The fraction of sp³-hybridized carbons (Fsp3) is 0.950. The van der Waals surface area contributed by atoms with Gasteiger partial charge in [-0.15, -0.1) is 0 Å². The summed E-state index contributed by atoms with van der Waals surface area (Å²) in [6.07, 6.45) is 8.84. The van der Waals surface area contributed by atoms with Gasteiger partial charge in [0.1, 0.15) is 0 Å². The predicted molar refractivity (Wildman–Crippen MR) is 106 cm³/mol. The summed E-state index contributed by atoms with van der Waals surface area (Å²) >= 11 is 6.00. The zero-order valence-corrected chi connectivity index (χ0v) is 16.8. The van der Waals surface area contributed by atoms with Gasteiger partial charge in [0.2, 0.25) is 0 Å². The number of piperidine rings is 1. The van der Waals surface area contributed by atoms with Crippen molar-refractivity contribution in [2.75, 3.05) is 6.54 Å². The molecule has 2 aliphatic rings. The molecule has 0 spiro atoms. The van der Waals surface area contributed by atoms with Gasteiger partial charge in [-0.3, -0.25) is 0 Å². The zero-order chi connectivity index (χ0) is 17.2. The van der Waals surface area contributed by atoms with Crippen LogP contribution in [0.5, 0.6) is 0 Å². The Labute approximate surface area is 151 Å². The second-order valence-electron chi connectivity index (χ2n) is 8.89. The summed E-state index contributed by atoms with van der Waals surface area (Å²) in [6, 6.07) is 0.534. The molecular formula is C20H36BNS. The SMILES string of the molecule is [B]C1CCCCCC2C(=S)N(C(C)C)CCC2C(C)(C(C)C)C1. The first-order valence-corrected chi connectivity index (χ1v) is 10.2. The van der Waals surface area contributed by atoms with E-state index in [1.165, 1.54) is 43.5 Å². The standard InChI is InChI=1S/C20H36BNS/c1-14(2)20(5)13-16(21)9-7-6-8-10-17-18(20)11-12-22(15(3)4)19(17)23/h14-18H,6-13H2,1-5H3. The van der Waals surface area contributed by atoms with Gasteiger partial charge < -0.3 is 4.90 Å². The van der Waals surface area contributed by atoms with Gasteiger partial charge in [0.05, 0.1) is 12.8 Å². The lowest BCUT2D eigenvalue weighted by Crippen LogP contribution is -2.52. The molecule has 130 valence electrons. The summed E-state index contributed by atoms with van der Waals surface area (Å²) in [4.78, 5) is 3.74. The van der Waals surface area contributed by atoms with Crippen LogP contribution >= 0.6 is 12.2 Å². The third kappa shape index (κ3) is 4.14. The Balaban J connectivity index is 2.32. The first-order valence-electron chi connectivity index (χ1n) is 9.83. The van der Waals surface area contributed by atoms with Crippen molar-refractivity contribution in [3.63, 3.8) is 0 Å². The minimum atomic E-state index is 0.314. The fourth-order valence-corrected chi connectivity index (χ4v) is 5.62. The third-order valence-corrected chi connectivity index (χ3v) is 7.39. The average molecular weight is 333 g/mol. The Morgan fingerprint density at radius 2 is 1.74 bits per heavy atom. The molecule has 1 aliphatic heterocycles. The first kappa shape index (κ1) is 19.3. The van der Waals surface area contributed by atoms with E-state index in [-0.39, 0.29) is 0 Å². The number of thiocarbonyl (C=S) groups is 1. The lowest BCUT2D eigenvalue weighted by Gasteiger charge is -2.52. The van der Waals surface area contributed by atoms with Crippen molar-refractivity contribution in [3.05, 3.63) is 0 Å². The summed E-state index contributed by atoms with van der Waals surface area (Å²) in [6.45, 7) is 13.0. The van der Waals surface area contributed by atoms with Crippen molar-refractivity contribution in [2.45, 2.75) is 91.4 Å². The molecule has 2 radical (unpaired) electrons. The van der Waals surface area contributed by atoms with Crippen molar-refractivity contribution >= 4 is 25.1 Å². The molecule has 4 atom stereocenters. The van der Waals surface area contributed by atoms with Crippen molar-refractivity contribution in [3.8, 4) is 0 Å². The van der Waals surface area contributed by atoms with E-state index in [1.54, 1.807) is 0 Å². The van der Waals surface area contributed by atoms with Crippen LogP contribution in [0.15, 0.2) is 0 Å². The van der Waals surface area contributed by atoms with Crippen molar-refractivity contribution < 1.29 is 0 Å². The van der Waals surface area contributed by atoms with E-state index in [0.717, 1.165) is 13.0 Å². The summed E-state index contributed by atoms with van der Waals surface area (Å²) in [5, 5.41) is 0. The quantitative estimate of drug-likeness (QED) is 0.476. The monoisotopic (exact) mass is 333 g/mol. The molecule has 1 saturated heterocycles. The average Bonchev–Trinajstić information content (AvgIpc) is 2.46. The number of hydrogen-bond donors (Lipinski definition) is 0. The molecule has 0 aromatic rings. The highest BCUT2D eigenvalue weighted by molar-refractivity contribution is 7.80. The Morgan fingerprint density at radius 1 is 1.09 bits per heavy atom. The van der Waals surface area contributed by atoms with Gasteiger partial charge in [0.25, 0.3) is 0 Å². The Morgan fingerprint density at radius 3 is 2.35 bits per heavy atom. The fourth-order valence-electron chi connectivity index (χ4n) is 5.03. The van der Waals surface area contributed by atoms with Crippen molar-refractivity contribution in [2.24, 2.45) is 23.2 Å². The smallest absolute Gasteiger partial charge is 0.0815 e. The summed E-state index contributed by atoms with van der Waals surface area (Å²) < 4.78 is 0. The summed E-state index contributed by atoms with van der Waals surface area (Å²) in [5.74, 6) is 2.31. The third-order valence-electron chi connectivity index (χ3n) is 6.85. The van der Waals surface area contributed by atoms with E-state index in [4.69, 9.17) is 20.1 Å². The van der Waals surface area contributed by atoms with E-state index in [2.05, 4.69) is 39.5 Å². The number of nitrogens with zero attached hydrogens (tertiary/aromatic N) is 1. The molecule has 0 bridgehead atoms. The molecule has 0 aromatic heterocycles. The summed E-state index contributed by atoms with van der Waals surface area (Å²) in [7, 11) is 6.53. The lowest BCUT2D eigenvalue weighted by molar-refractivity contribution is 0.0368. The van der Waals surface area contributed by atoms with Crippen LogP contribution in [0.1, 0.15) is 79.6 Å². The second-order valence-corrected chi connectivity index (χ2v) is 9.31. The number of rotatable bonds is 2. The van der Waals surface area contributed by atoms with E-state index < -0.39 is 0 Å². The molecule has 1 heterocycles. The topological polar surface area (TPSA) is 3.24 Å². The number of likely N-dealkylation sites (tertiary alicyclic amines) is 1. The predicted octanol–water partition coefficient (Wildman–Crippen LogP) is 5.63. The molecule has 4 unspecified atom stereocenters. The molecule has 2 rings (SSSR count). The van der Waals surface area contributed by atoms with Gasteiger partial charge in [-0.05, 0) is 43.9 Å². The van der Waals surface area contributed by atoms with Crippen LogP contribution in [-0.2, 0) is 0 Å². The zero-order valence-electron chi connectivity index (χ0n) is 16.0. The lowest BCUT2D eigenvalue weighted by atomic mass is 9.55. The maximum absolute atomic E-state index is 6.53. The van der Waals surface area contributed by atoms with Crippen molar-refractivity contribution in [1.82, 2.24) is 4.90 Å². The molecule has 2 fully saturated rings. The molecule has 0 aromatic carbocycles. The Hall–Kier alpha value is -0.0451. The molecule has 3 heteroatoms. The first-order chi connectivity index (χ1) is 10.8. The minimum Gasteiger partial charge on any atom is -0.363 e. The Bertz CT molecular complexity index is 408. The van der Waals surface area contributed by atoms with Gasteiger partial charge >= 0.3 is 0 Å². The largest absolute Gasteiger partial charge is 0.363 e. The van der Waals surface area contributed by atoms with Crippen molar-refractivity contribution in [1.29, 1.82) is 0 Å².